The van der Waals surface area contributed by atoms with Crippen LogP contribution in [0.25, 0.3) is 0 Å². The van der Waals surface area contributed by atoms with Crippen molar-refractivity contribution in [3.8, 4) is 11.5 Å². The largest absolute Gasteiger partial charge is 0.493 e. The Morgan fingerprint density at radius 2 is 1.48 bits per heavy atom. The van der Waals surface area contributed by atoms with Gasteiger partial charge in [-0.15, -0.1) is 0 Å². The zero-order valence-corrected chi connectivity index (χ0v) is 13.3. The highest BCUT2D eigenvalue weighted by Gasteiger charge is 2.15. The van der Waals surface area contributed by atoms with E-state index in [0.29, 0.717) is 18.8 Å². The molecule has 0 aromatic heterocycles. The molecule has 0 radical (unpaired) electrons. The van der Waals surface area contributed by atoms with Crippen molar-refractivity contribution in [2.45, 2.75) is 13.8 Å². The molecule has 2 aromatic rings. The Kier molecular flexibility index (Phi) is 5.77. The minimum absolute atomic E-state index is 0.0159. The monoisotopic (exact) mass is 302 g/mol. The third-order valence-electron chi connectivity index (χ3n) is 2.86. The van der Waals surface area contributed by atoms with Crippen LogP contribution in [0.5, 0.6) is 11.5 Å². The molecule has 2 aromatic carbocycles. The van der Waals surface area contributed by atoms with Crippen molar-refractivity contribution in [2.24, 2.45) is 0 Å². The highest BCUT2D eigenvalue weighted by atomic mass is 31.1. The van der Waals surface area contributed by atoms with E-state index >= 15 is 0 Å². The van der Waals surface area contributed by atoms with Crippen LogP contribution >= 0.6 is 8.58 Å². The van der Waals surface area contributed by atoms with Crippen molar-refractivity contribution < 1.29 is 14.3 Å². The Labute approximate surface area is 127 Å². The maximum atomic E-state index is 12.4. The van der Waals surface area contributed by atoms with E-state index in [1.807, 2.05) is 62.4 Å². The number of hydrogen-bond acceptors (Lipinski definition) is 3. The van der Waals surface area contributed by atoms with Gasteiger partial charge in [0.25, 0.3) is 0 Å². The lowest BCUT2D eigenvalue weighted by Crippen LogP contribution is -2.11. The SMILES string of the molecule is CCOc1cccc(OCC)c1PC(=O)c1ccccc1. The van der Waals surface area contributed by atoms with E-state index in [1.165, 1.54) is 0 Å². The first-order valence-corrected chi connectivity index (χ1v) is 8.01. The van der Waals surface area contributed by atoms with Crippen molar-refractivity contribution in [2.75, 3.05) is 13.2 Å². The Morgan fingerprint density at radius 1 is 0.905 bits per heavy atom. The predicted octanol–water partition coefficient (Wildman–Crippen LogP) is 3.63. The molecular formula is C17H19O3P. The summed E-state index contributed by atoms with van der Waals surface area (Å²) in [7, 11) is -0.0159. The number of benzene rings is 2. The van der Waals surface area contributed by atoms with Gasteiger partial charge in [0.1, 0.15) is 11.5 Å². The molecule has 0 saturated carbocycles. The van der Waals surface area contributed by atoms with Gasteiger partial charge < -0.3 is 9.47 Å². The highest BCUT2D eigenvalue weighted by molar-refractivity contribution is 7.66. The molecule has 1 unspecified atom stereocenters. The van der Waals surface area contributed by atoms with Gasteiger partial charge in [0.15, 0.2) is 5.52 Å². The number of carbonyl (C=O) groups is 1. The summed E-state index contributed by atoms with van der Waals surface area (Å²) in [4.78, 5) is 12.4. The van der Waals surface area contributed by atoms with Crippen LogP contribution in [0.1, 0.15) is 24.2 Å². The minimum Gasteiger partial charge on any atom is -0.493 e. The Balaban J connectivity index is 2.30. The summed E-state index contributed by atoms with van der Waals surface area (Å²) in [5, 5.41) is 0.843. The van der Waals surface area contributed by atoms with E-state index in [1.54, 1.807) is 0 Å². The summed E-state index contributed by atoms with van der Waals surface area (Å²) in [6.45, 7) is 4.98. The number of hydrogen-bond donors (Lipinski definition) is 0. The fourth-order valence-electron chi connectivity index (χ4n) is 1.96. The second kappa shape index (κ2) is 7.80. The van der Waals surface area contributed by atoms with E-state index in [-0.39, 0.29) is 14.1 Å². The van der Waals surface area contributed by atoms with E-state index in [9.17, 15) is 4.79 Å². The summed E-state index contributed by atoms with van der Waals surface area (Å²) < 4.78 is 11.3. The first-order valence-electron chi connectivity index (χ1n) is 7.01. The molecular weight excluding hydrogens is 283 g/mol. The summed E-state index contributed by atoms with van der Waals surface area (Å²) in [6.07, 6.45) is 0. The highest BCUT2D eigenvalue weighted by Crippen LogP contribution is 2.30. The van der Waals surface area contributed by atoms with Crippen molar-refractivity contribution in [3.63, 3.8) is 0 Å². The van der Waals surface area contributed by atoms with Crippen molar-refractivity contribution in [1.29, 1.82) is 0 Å². The van der Waals surface area contributed by atoms with Crippen molar-refractivity contribution in [3.05, 3.63) is 54.1 Å². The summed E-state index contributed by atoms with van der Waals surface area (Å²) in [5.74, 6) is 1.46. The van der Waals surface area contributed by atoms with E-state index in [0.717, 1.165) is 16.8 Å². The molecule has 1 atom stereocenters. The van der Waals surface area contributed by atoms with Gasteiger partial charge in [-0.05, 0) is 34.6 Å². The van der Waals surface area contributed by atoms with Crippen molar-refractivity contribution in [1.82, 2.24) is 0 Å². The average Bonchev–Trinajstić information content (AvgIpc) is 2.51. The molecule has 3 nitrogen and oxygen atoms in total. The van der Waals surface area contributed by atoms with Gasteiger partial charge in [0.05, 0.1) is 18.5 Å². The number of carbonyl (C=O) groups excluding carboxylic acids is 1. The van der Waals surface area contributed by atoms with Gasteiger partial charge in [-0.2, -0.15) is 0 Å². The van der Waals surface area contributed by atoms with Crippen LogP contribution in [0.15, 0.2) is 48.5 Å². The van der Waals surface area contributed by atoms with Gasteiger partial charge in [0.2, 0.25) is 0 Å². The molecule has 0 amide bonds. The Bertz CT molecular complexity index is 572. The van der Waals surface area contributed by atoms with E-state index in [4.69, 9.17) is 9.47 Å². The lowest BCUT2D eigenvalue weighted by Gasteiger charge is -2.14. The van der Waals surface area contributed by atoms with E-state index in [2.05, 4.69) is 0 Å². The van der Waals surface area contributed by atoms with Gasteiger partial charge in [-0.25, -0.2) is 0 Å². The lowest BCUT2D eigenvalue weighted by atomic mass is 10.2. The Hall–Kier alpha value is -1.86. The van der Waals surface area contributed by atoms with Gasteiger partial charge >= 0.3 is 0 Å². The first kappa shape index (κ1) is 15.5. The molecule has 110 valence electrons. The molecule has 4 heteroatoms. The molecule has 0 N–H and O–H groups in total. The van der Waals surface area contributed by atoms with Crippen LogP contribution in [0.4, 0.5) is 0 Å². The second-order valence-corrected chi connectivity index (χ2v) is 5.52. The molecule has 21 heavy (non-hydrogen) atoms. The molecule has 0 spiro atoms. The van der Waals surface area contributed by atoms with Crippen molar-refractivity contribution >= 4 is 19.4 Å². The third-order valence-corrected chi connectivity index (χ3v) is 4.12. The molecule has 0 aliphatic carbocycles. The second-order valence-electron chi connectivity index (χ2n) is 4.32. The molecule has 2 rings (SSSR count). The standard InChI is InChI=1S/C17H19O3P/c1-3-19-14-11-8-12-15(20-4-2)16(14)21-17(18)13-9-6-5-7-10-13/h5-12,21H,3-4H2,1-2H3. The average molecular weight is 302 g/mol. The van der Waals surface area contributed by atoms with Crippen LogP contribution in [-0.2, 0) is 0 Å². The summed E-state index contributed by atoms with van der Waals surface area (Å²) >= 11 is 0. The fraction of sp³-hybridized carbons (Fsp3) is 0.235. The maximum Gasteiger partial charge on any atom is 0.185 e. The molecule has 0 aliphatic heterocycles. The summed E-state index contributed by atoms with van der Waals surface area (Å²) in [5.41, 5.74) is 0.799. The van der Waals surface area contributed by atoms with Gasteiger partial charge in [0, 0.05) is 5.56 Å². The smallest absolute Gasteiger partial charge is 0.185 e. The van der Waals surface area contributed by atoms with E-state index < -0.39 is 0 Å². The molecule has 0 saturated heterocycles. The summed E-state index contributed by atoms with van der Waals surface area (Å²) in [6, 6.07) is 15.0. The molecule has 0 fully saturated rings. The molecule has 0 heterocycles. The zero-order valence-electron chi connectivity index (χ0n) is 12.3. The van der Waals surface area contributed by atoms with Crippen LogP contribution in [0.2, 0.25) is 0 Å². The first-order chi connectivity index (χ1) is 10.3. The molecule has 0 bridgehead atoms. The van der Waals surface area contributed by atoms with Crippen LogP contribution in [-0.4, -0.2) is 18.7 Å². The molecule has 0 aliphatic rings. The van der Waals surface area contributed by atoms with Crippen LogP contribution < -0.4 is 14.8 Å². The minimum atomic E-state index is -0.0159. The number of rotatable bonds is 7. The van der Waals surface area contributed by atoms with Gasteiger partial charge in [-0.3, -0.25) is 4.79 Å². The van der Waals surface area contributed by atoms with Crippen LogP contribution in [0.3, 0.4) is 0 Å². The Morgan fingerprint density at radius 3 is 2.00 bits per heavy atom. The lowest BCUT2D eigenvalue weighted by molar-refractivity contribution is 0.108. The van der Waals surface area contributed by atoms with Gasteiger partial charge in [-0.1, -0.05) is 36.4 Å². The zero-order chi connectivity index (χ0) is 15.1. The van der Waals surface area contributed by atoms with Crippen LogP contribution in [0, 0.1) is 0 Å². The number of ether oxygens (including phenoxy) is 2. The topological polar surface area (TPSA) is 35.5 Å². The quantitative estimate of drug-likeness (QED) is 0.733. The normalized spacial score (nSPS) is 10.8. The maximum absolute atomic E-state index is 12.4. The third kappa shape index (κ3) is 4.05. The fourth-order valence-corrected chi connectivity index (χ4v) is 3.06. The predicted molar refractivity (Wildman–Crippen MR) is 87.5 cm³/mol.